The fraction of sp³-hybridized carbons (Fsp3) is 0.375. The molecule has 0 spiro atoms. The molecule has 0 saturated carbocycles. The van der Waals surface area contributed by atoms with Crippen LogP contribution in [0.3, 0.4) is 0 Å². The summed E-state index contributed by atoms with van der Waals surface area (Å²) in [7, 11) is 0. The fourth-order valence-electron chi connectivity index (χ4n) is 4.03. The van der Waals surface area contributed by atoms with Crippen LogP contribution in [0.1, 0.15) is 13.3 Å². The van der Waals surface area contributed by atoms with Crippen LogP contribution in [-0.4, -0.2) is 58.7 Å². The third-order valence-corrected chi connectivity index (χ3v) is 5.73. The highest BCUT2D eigenvalue weighted by molar-refractivity contribution is 5.93. The molecule has 3 aromatic rings. The predicted octanol–water partition coefficient (Wildman–Crippen LogP) is 2.12. The number of para-hydroxylation sites is 2. The lowest BCUT2D eigenvalue weighted by Gasteiger charge is -2.25. The maximum atomic E-state index is 12.7. The minimum absolute atomic E-state index is 0.0784. The van der Waals surface area contributed by atoms with E-state index in [9.17, 15) is 14.4 Å². The lowest BCUT2D eigenvalue weighted by atomic mass is 10.2. The van der Waals surface area contributed by atoms with Crippen LogP contribution in [0.5, 0.6) is 0 Å². The zero-order valence-corrected chi connectivity index (χ0v) is 18.8. The van der Waals surface area contributed by atoms with E-state index in [2.05, 4.69) is 15.5 Å². The van der Waals surface area contributed by atoms with Crippen molar-refractivity contribution in [1.82, 2.24) is 14.0 Å². The summed E-state index contributed by atoms with van der Waals surface area (Å²) in [6.45, 7) is 5.94. The molecule has 0 bridgehead atoms. The van der Waals surface area contributed by atoms with Crippen molar-refractivity contribution in [3.05, 3.63) is 59.0 Å². The first kappa shape index (κ1) is 22.8. The van der Waals surface area contributed by atoms with Crippen LogP contribution in [0.25, 0.3) is 11.0 Å². The van der Waals surface area contributed by atoms with Gasteiger partial charge in [-0.15, -0.1) is 0 Å². The second-order valence-corrected chi connectivity index (χ2v) is 7.98. The Hall–Kier alpha value is -3.43. The quantitative estimate of drug-likeness (QED) is 0.547. The van der Waals surface area contributed by atoms with Crippen LogP contribution >= 0.6 is 0 Å². The smallest absolute Gasteiger partial charge is 0.329 e. The molecule has 174 valence electrons. The van der Waals surface area contributed by atoms with Crippen LogP contribution in [0.15, 0.2) is 53.3 Å². The Bertz CT molecular complexity index is 1180. The van der Waals surface area contributed by atoms with E-state index in [0.717, 1.165) is 24.1 Å². The standard InChI is InChI=1S/C24H29N5O4/c1-2-28-20-5-3-4-6-21(20)29(24(28)32)12-11-22(30)25-18-7-9-19(10-8-18)26-23(31)17-27-13-15-33-16-14-27/h3-10H,2,11-17H2,1H3,(H,25,30)(H,26,31). The molecule has 2 N–H and O–H groups in total. The van der Waals surface area contributed by atoms with Crippen molar-refractivity contribution in [2.75, 3.05) is 43.5 Å². The number of aryl methyl sites for hydroxylation is 2. The first-order valence-corrected chi connectivity index (χ1v) is 11.2. The zero-order chi connectivity index (χ0) is 23.2. The molecule has 2 aromatic carbocycles. The molecule has 2 amide bonds. The number of carbonyl (C=O) groups excluding carboxylic acids is 2. The van der Waals surface area contributed by atoms with Crippen molar-refractivity contribution in [2.24, 2.45) is 0 Å². The Morgan fingerprint density at radius 1 is 0.879 bits per heavy atom. The summed E-state index contributed by atoms with van der Waals surface area (Å²) in [5, 5.41) is 5.72. The van der Waals surface area contributed by atoms with Crippen molar-refractivity contribution < 1.29 is 14.3 Å². The highest BCUT2D eigenvalue weighted by Crippen LogP contribution is 2.15. The van der Waals surface area contributed by atoms with Crippen molar-refractivity contribution in [2.45, 2.75) is 26.4 Å². The van der Waals surface area contributed by atoms with E-state index in [-0.39, 0.29) is 23.9 Å². The molecule has 9 nitrogen and oxygen atoms in total. The molecule has 9 heteroatoms. The van der Waals surface area contributed by atoms with Gasteiger partial charge in [0, 0.05) is 44.0 Å². The lowest BCUT2D eigenvalue weighted by molar-refractivity contribution is -0.118. The summed E-state index contributed by atoms with van der Waals surface area (Å²) in [6, 6.07) is 14.6. The molecule has 1 aromatic heterocycles. The predicted molar refractivity (Wildman–Crippen MR) is 127 cm³/mol. The van der Waals surface area contributed by atoms with Crippen LogP contribution in [0.4, 0.5) is 11.4 Å². The number of nitrogens with zero attached hydrogens (tertiary/aromatic N) is 3. The van der Waals surface area contributed by atoms with E-state index in [0.29, 0.717) is 44.2 Å². The highest BCUT2D eigenvalue weighted by atomic mass is 16.5. The lowest BCUT2D eigenvalue weighted by Crippen LogP contribution is -2.41. The number of ether oxygens (including phenoxy) is 1. The number of amides is 2. The van der Waals surface area contributed by atoms with Crippen molar-refractivity contribution in [3.8, 4) is 0 Å². The van der Waals surface area contributed by atoms with Crippen molar-refractivity contribution in [3.63, 3.8) is 0 Å². The molecule has 33 heavy (non-hydrogen) atoms. The minimum atomic E-state index is -0.181. The molecule has 0 radical (unpaired) electrons. The number of fused-ring (bicyclic) bond motifs is 1. The number of carbonyl (C=O) groups is 2. The number of anilines is 2. The molecule has 0 unspecified atom stereocenters. The van der Waals surface area contributed by atoms with E-state index in [4.69, 9.17) is 4.74 Å². The largest absolute Gasteiger partial charge is 0.379 e. The molecule has 1 fully saturated rings. The number of aromatic nitrogens is 2. The molecular formula is C24H29N5O4. The number of benzene rings is 2. The SMILES string of the molecule is CCn1c(=O)n(CCC(=O)Nc2ccc(NC(=O)CN3CCOCC3)cc2)c2ccccc21. The van der Waals surface area contributed by atoms with Gasteiger partial charge in [0.15, 0.2) is 0 Å². The summed E-state index contributed by atoms with van der Waals surface area (Å²) in [5.74, 6) is -0.260. The summed E-state index contributed by atoms with van der Waals surface area (Å²) in [5.41, 5.74) is 2.90. The molecule has 1 aliphatic heterocycles. The molecule has 2 heterocycles. The van der Waals surface area contributed by atoms with E-state index >= 15 is 0 Å². The first-order chi connectivity index (χ1) is 16.0. The zero-order valence-electron chi connectivity index (χ0n) is 18.8. The van der Waals surface area contributed by atoms with Gasteiger partial charge >= 0.3 is 5.69 Å². The number of rotatable bonds is 8. The summed E-state index contributed by atoms with van der Waals surface area (Å²) in [6.07, 6.45) is 0.176. The number of imidazole rings is 1. The van der Waals surface area contributed by atoms with Gasteiger partial charge in [-0.1, -0.05) is 12.1 Å². The van der Waals surface area contributed by atoms with Crippen LogP contribution < -0.4 is 16.3 Å². The Labute approximate surface area is 191 Å². The molecular weight excluding hydrogens is 422 g/mol. The average Bonchev–Trinajstić information content (AvgIpc) is 3.10. The van der Waals surface area contributed by atoms with Crippen LogP contribution in [0.2, 0.25) is 0 Å². The number of hydrogen-bond donors (Lipinski definition) is 2. The van der Waals surface area contributed by atoms with Crippen molar-refractivity contribution >= 4 is 34.2 Å². The molecule has 1 saturated heterocycles. The van der Waals surface area contributed by atoms with Gasteiger partial charge in [0.25, 0.3) is 0 Å². The number of morpholine rings is 1. The van der Waals surface area contributed by atoms with Gasteiger partial charge in [-0.25, -0.2) is 4.79 Å². The average molecular weight is 452 g/mol. The third kappa shape index (κ3) is 5.50. The van der Waals surface area contributed by atoms with Crippen LogP contribution in [0, 0.1) is 0 Å². The Balaban J connectivity index is 1.30. The van der Waals surface area contributed by atoms with E-state index in [1.807, 2.05) is 31.2 Å². The summed E-state index contributed by atoms with van der Waals surface area (Å²) in [4.78, 5) is 39.4. The minimum Gasteiger partial charge on any atom is -0.379 e. The van der Waals surface area contributed by atoms with Crippen LogP contribution in [-0.2, 0) is 27.4 Å². The molecule has 4 rings (SSSR count). The number of nitrogens with one attached hydrogen (secondary N) is 2. The first-order valence-electron chi connectivity index (χ1n) is 11.2. The van der Waals surface area contributed by atoms with Gasteiger partial charge < -0.3 is 15.4 Å². The van der Waals surface area contributed by atoms with Gasteiger partial charge in [0.2, 0.25) is 11.8 Å². The van der Waals surface area contributed by atoms with Crippen molar-refractivity contribution in [1.29, 1.82) is 0 Å². The normalized spacial score (nSPS) is 14.3. The van der Waals surface area contributed by atoms with Gasteiger partial charge in [-0.2, -0.15) is 0 Å². The molecule has 0 aliphatic carbocycles. The van der Waals surface area contributed by atoms with E-state index < -0.39 is 0 Å². The number of hydrogen-bond acceptors (Lipinski definition) is 5. The van der Waals surface area contributed by atoms with Gasteiger partial charge in [-0.05, 0) is 43.3 Å². The van der Waals surface area contributed by atoms with E-state index in [1.54, 1.807) is 33.4 Å². The maximum Gasteiger partial charge on any atom is 0.329 e. The second kappa shape index (κ2) is 10.5. The van der Waals surface area contributed by atoms with Gasteiger partial charge in [-0.3, -0.25) is 23.6 Å². The van der Waals surface area contributed by atoms with Gasteiger partial charge in [0.1, 0.15) is 0 Å². The third-order valence-electron chi connectivity index (χ3n) is 5.73. The van der Waals surface area contributed by atoms with E-state index in [1.165, 1.54) is 0 Å². The maximum absolute atomic E-state index is 12.7. The monoisotopic (exact) mass is 451 g/mol. The summed E-state index contributed by atoms with van der Waals surface area (Å²) >= 11 is 0. The second-order valence-electron chi connectivity index (χ2n) is 7.98. The highest BCUT2D eigenvalue weighted by Gasteiger charge is 2.15. The molecule has 0 atom stereocenters. The van der Waals surface area contributed by atoms with Gasteiger partial charge in [0.05, 0.1) is 30.8 Å². The topological polar surface area (TPSA) is 97.6 Å². The Kier molecular flexibility index (Phi) is 7.21. The molecule has 1 aliphatic rings. The summed E-state index contributed by atoms with van der Waals surface area (Å²) < 4.78 is 8.64. The Morgan fingerprint density at radius 3 is 2.06 bits per heavy atom. The Morgan fingerprint density at radius 2 is 1.45 bits per heavy atom. The fourth-order valence-corrected chi connectivity index (χ4v) is 4.03.